The van der Waals surface area contributed by atoms with Gasteiger partial charge in [0, 0.05) is 10.6 Å². The van der Waals surface area contributed by atoms with Gasteiger partial charge in [-0.1, -0.05) is 60.1 Å². The third kappa shape index (κ3) is 3.27. The van der Waals surface area contributed by atoms with Crippen LogP contribution in [0.4, 0.5) is 0 Å². The van der Waals surface area contributed by atoms with Crippen LogP contribution in [0.2, 0.25) is 5.02 Å². The minimum absolute atomic E-state index is 0.314. The van der Waals surface area contributed by atoms with Crippen molar-refractivity contribution in [3.05, 3.63) is 106 Å². The standard InChI is InChI=1S/C29H20Cl3NO5/c1-15(25(35)16-10-12-17(30)13-11-16)38-22(34)14-33-26(36)23-24(27(33)37)29(32)19-7-3-2-6-18(19)28(23,31)20-8-4-5-9-21(20)29/h2-13,15,23-24H,14H2,1H3/t15-,23-,24+,28?,29?/m1/s1. The fourth-order valence-electron chi connectivity index (χ4n) is 6.15. The zero-order valence-electron chi connectivity index (χ0n) is 20.0. The van der Waals surface area contributed by atoms with Crippen molar-refractivity contribution in [2.45, 2.75) is 22.8 Å². The molecule has 0 radical (unpaired) electrons. The normalized spacial score (nSPS) is 27.4. The quantitative estimate of drug-likeness (QED) is 0.186. The molecule has 38 heavy (non-hydrogen) atoms. The molecule has 2 amide bonds. The van der Waals surface area contributed by atoms with Gasteiger partial charge in [0.25, 0.3) is 0 Å². The van der Waals surface area contributed by atoms with Gasteiger partial charge in [-0.15, -0.1) is 23.2 Å². The molecule has 2 bridgehead atoms. The summed E-state index contributed by atoms with van der Waals surface area (Å²) in [5, 5.41) is 0.464. The molecule has 4 aliphatic rings. The number of ether oxygens (including phenoxy) is 1. The summed E-state index contributed by atoms with van der Waals surface area (Å²) in [5.74, 6) is -4.56. The number of esters is 1. The van der Waals surface area contributed by atoms with Gasteiger partial charge in [-0.25, -0.2) is 0 Å². The Morgan fingerprint density at radius 1 is 0.816 bits per heavy atom. The molecule has 3 aromatic carbocycles. The maximum absolute atomic E-state index is 13.8. The summed E-state index contributed by atoms with van der Waals surface area (Å²) in [5.41, 5.74) is 3.00. The highest BCUT2D eigenvalue weighted by Gasteiger charge is 2.73. The van der Waals surface area contributed by atoms with Crippen molar-refractivity contribution >= 4 is 58.4 Å². The number of amides is 2. The summed E-state index contributed by atoms with van der Waals surface area (Å²) in [6.07, 6.45) is -1.14. The summed E-state index contributed by atoms with van der Waals surface area (Å²) < 4.78 is 5.32. The Morgan fingerprint density at radius 3 is 1.66 bits per heavy atom. The largest absolute Gasteiger partial charge is 0.453 e. The second kappa shape index (κ2) is 8.67. The average Bonchev–Trinajstić information content (AvgIpc) is 3.17. The van der Waals surface area contributed by atoms with Gasteiger partial charge in [0.2, 0.25) is 17.6 Å². The van der Waals surface area contributed by atoms with E-state index in [9.17, 15) is 19.2 Å². The van der Waals surface area contributed by atoms with E-state index in [-0.39, 0.29) is 0 Å². The number of carbonyl (C=O) groups is 4. The SMILES string of the molecule is C[C@@H](OC(=O)CN1C(=O)[C@@H]2[C@H](C1=O)C1(Cl)c3ccccc3C2(Cl)c2ccccc21)C(=O)c1ccc(Cl)cc1. The molecule has 0 aromatic heterocycles. The minimum Gasteiger partial charge on any atom is -0.453 e. The Labute approximate surface area is 233 Å². The summed E-state index contributed by atoms with van der Waals surface area (Å²) in [7, 11) is 0. The van der Waals surface area contributed by atoms with Crippen molar-refractivity contribution in [2.24, 2.45) is 11.8 Å². The van der Waals surface area contributed by atoms with Crippen molar-refractivity contribution in [3.8, 4) is 0 Å². The van der Waals surface area contributed by atoms with Gasteiger partial charge < -0.3 is 4.74 Å². The molecule has 9 heteroatoms. The number of halogens is 3. The van der Waals surface area contributed by atoms with Crippen LogP contribution >= 0.6 is 34.8 Å². The van der Waals surface area contributed by atoms with Crippen LogP contribution < -0.4 is 0 Å². The second-order valence-corrected chi connectivity index (χ2v) is 11.4. The molecule has 0 unspecified atom stereocenters. The van der Waals surface area contributed by atoms with Crippen LogP contribution in [-0.2, 0) is 28.9 Å². The van der Waals surface area contributed by atoms with Crippen molar-refractivity contribution in [1.29, 1.82) is 0 Å². The number of rotatable bonds is 5. The summed E-state index contributed by atoms with van der Waals surface area (Å²) in [4.78, 5) is 51.3. The summed E-state index contributed by atoms with van der Waals surface area (Å²) in [6.45, 7) is 0.771. The number of alkyl halides is 2. The zero-order valence-corrected chi connectivity index (χ0v) is 22.3. The number of carbonyl (C=O) groups excluding carboxylic acids is 4. The molecule has 6 nitrogen and oxygen atoms in total. The van der Waals surface area contributed by atoms with Crippen molar-refractivity contribution < 1.29 is 23.9 Å². The molecule has 3 aromatic rings. The van der Waals surface area contributed by atoms with Crippen LogP contribution in [0.3, 0.4) is 0 Å². The number of hydrogen-bond donors (Lipinski definition) is 0. The molecule has 0 saturated carbocycles. The smallest absolute Gasteiger partial charge is 0.326 e. The van der Waals surface area contributed by atoms with E-state index in [0.717, 1.165) is 4.90 Å². The molecule has 7 rings (SSSR count). The van der Waals surface area contributed by atoms with E-state index < -0.39 is 57.8 Å². The molecule has 3 aliphatic carbocycles. The first-order valence-electron chi connectivity index (χ1n) is 12.0. The number of Topliss-reactive ketones (excluding diaryl/α,β-unsaturated/α-hetero) is 1. The van der Waals surface area contributed by atoms with Gasteiger partial charge in [0.05, 0.1) is 11.8 Å². The lowest BCUT2D eigenvalue weighted by Gasteiger charge is -2.54. The highest BCUT2D eigenvalue weighted by atomic mass is 35.5. The van der Waals surface area contributed by atoms with Crippen molar-refractivity contribution in [2.75, 3.05) is 6.54 Å². The topological polar surface area (TPSA) is 80.8 Å². The van der Waals surface area contributed by atoms with Gasteiger partial charge in [0.15, 0.2) is 6.10 Å². The van der Waals surface area contributed by atoms with Crippen molar-refractivity contribution in [3.63, 3.8) is 0 Å². The van der Waals surface area contributed by atoms with Crippen LogP contribution in [0.15, 0.2) is 72.8 Å². The fourth-order valence-corrected chi connectivity index (χ4v) is 7.37. The van der Waals surface area contributed by atoms with Crippen LogP contribution in [0.1, 0.15) is 39.5 Å². The number of hydrogen-bond acceptors (Lipinski definition) is 5. The Morgan fingerprint density at radius 2 is 1.24 bits per heavy atom. The van der Waals surface area contributed by atoms with E-state index >= 15 is 0 Å². The Bertz CT molecular complexity index is 1410. The Hall–Kier alpha value is -3.19. The highest BCUT2D eigenvalue weighted by molar-refractivity contribution is 6.36. The van der Waals surface area contributed by atoms with Crippen LogP contribution in [0, 0.1) is 11.8 Å². The van der Waals surface area contributed by atoms with Crippen LogP contribution in [0.5, 0.6) is 0 Å². The Kier molecular flexibility index (Phi) is 5.73. The predicted molar refractivity (Wildman–Crippen MR) is 141 cm³/mol. The zero-order chi connectivity index (χ0) is 27.0. The first kappa shape index (κ1) is 25.1. The summed E-state index contributed by atoms with van der Waals surface area (Å²) in [6, 6.07) is 20.7. The van der Waals surface area contributed by atoms with Gasteiger partial charge in [-0.2, -0.15) is 0 Å². The number of ketones is 1. The third-order valence-electron chi connectivity index (χ3n) is 7.77. The minimum atomic E-state index is -1.34. The molecular formula is C29H20Cl3NO5. The molecule has 0 N–H and O–H groups in total. The predicted octanol–water partition coefficient (Wildman–Crippen LogP) is 5.05. The second-order valence-electron chi connectivity index (χ2n) is 9.74. The molecule has 3 atom stereocenters. The number of nitrogens with zero attached hydrogens (tertiary/aromatic N) is 1. The van der Waals surface area contributed by atoms with E-state index in [1.807, 2.05) is 48.5 Å². The van der Waals surface area contributed by atoms with E-state index in [0.29, 0.717) is 32.8 Å². The van der Waals surface area contributed by atoms with Crippen LogP contribution in [-0.4, -0.2) is 41.1 Å². The summed E-state index contributed by atoms with van der Waals surface area (Å²) >= 11 is 20.6. The molecule has 1 heterocycles. The molecule has 1 fully saturated rings. The van der Waals surface area contributed by atoms with E-state index in [1.165, 1.54) is 19.1 Å². The first-order chi connectivity index (χ1) is 18.1. The van der Waals surface area contributed by atoms with E-state index in [4.69, 9.17) is 39.5 Å². The van der Waals surface area contributed by atoms with Crippen molar-refractivity contribution in [1.82, 2.24) is 4.90 Å². The molecular weight excluding hydrogens is 549 g/mol. The maximum Gasteiger partial charge on any atom is 0.326 e. The lowest BCUT2D eigenvalue weighted by atomic mass is 9.54. The molecule has 1 saturated heterocycles. The van der Waals surface area contributed by atoms with Gasteiger partial charge in [0.1, 0.15) is 16.3 Å². The lowest BCUT2D eigenvalue weighted by Crippen LogP contribution is -2.57. The monoisotopic (exact) mass is 567 g/mol. The average molecular weight is 569 g/mol. The fraction of sp³-hybridized carbons (Fsp3) is 0.241. The van der Waals surface area contributed by atoms with E-state index in [1.54, 1.807) is 12.1 Å². The third-order valence-corrected chi connectivity index (χ3v) is 9.31. The number of benzene rings is 3. The lowest BCUT2D eigenvalue weighted by molar-refractivity contribution is -0.154. The first-order valence-corrected chi connectivity index (χ1v) is 13.2. The van der Waals surface area contributed by atoms with Gasteiger partial charge in [-0.05, 0) is 53.4 Å². The molecule has 0 spiro atoms. The number of likely N-dealkylation sites (tertiary alicyclic amines) is 1. The molecule has 192 valence electrons. The maximum atomic E-state index is 13.8. The van der Waals surface area contributed by atoms with Gasteiger partial charge >= 0.3 is 5.97 Å². The highest BCUT2D eigenvalue weighted by Crippen LogP contribution is 2.69. The number of imide groups is 1. The van der Waals surface area contributed by atoms with E-state index in [2.05, 4.69) is 0 Å². The molecule has 1 aliphatic heterocycles. The van der Waals surface area contributed by atoms with Gasteiger partial charge in [-0.3, -0.25) is 24.1 Å². The Balaban J connectivity index is 1.31. The van der Waals surface area contributed by atoms with Crippen LogP contribution in [0.25, 0.3) is 0 Å².